The Balaban J connectivity index is 1.90. The van der Waals surface area contributed by atoms with Gasteiger partial charge in [0, 0.05) is 19.6 Å². The summed E-state index contributed by atoms with van der Waals surface area (Å²) in [6.07, 6.45) is 7.74. The molecule has 1 amide bonds. The van der Waals surface area contributed by atoms with Gasteiger partial charge in [0.15, 0.2) is 0 Å². The van der Waals surface area contributed by atoms with Crippen molar-refractivity contribution in [3.8, 4) is 0 Å². The first-order valence-electron chi connectivity index (χ1n) is 7.56. The Labute approximate surface area is 120 Å². The van der Waals surface area contributed by atoms with Gasteiger partial charge in [-0.05, 0) is 25.2 Å². The summed E-state index contributed by atoms with van der Waals surface area (Å²) >= 11 is 0. The molecule has 2 rings (SSSR count). The molecule has 2 heterocycles. The SMILES string of the molecule is CCCCNC(=O)c1cnc(N2CCC(C)CC2)cn1. The molecular formula is C15H24N4O. The van der Waals surface area contributed by atoms with Gasteiger partial charge >= 0.3 is 0 Å². The van der Waals surface area contributed by atoms with Gasteiger partial charge in [-0.15, -0.1) is 0 Å². The molecule has 20 heavy (non-hydrogen) atoms. The van der Waals surface area contributed by atoms with Crippen LogP contribution < -0.4 is 10.2 Å². The smallest absolute Gasteiger partial charge is 0.271 e. The van der Waals surface area contributed by atoms with E-state index in [2.05, 4.69) is 34.0 Å². The highest BCUT2D eigenvalue weighted by molar-refractivity contribution is 5.91. The largest absolute Gasteiger partial charge is 0.355 e. The van der Waals surface area contributed by atoms with Crippen LogP contribution in [0, 0.1) is 5.92 Å². The summed E-state index contributed by atoms with van der Waals surface area (Å²) in [4.78, 5) is 22.7. The fourth-order valence-corrected chi connectivity index (χ4v) is 2.31. The molecule has 1 saturated heterocycles. The van der Waals surface area contributed by atoms with Crippen molar-refractivity contribution in [1.29, 1.82) is 0 Å². The Bertz CT molecular complexity index is 424. The van der Waals surface area contributed by atoms with Gasteiger partial charge in [0.1, 0.15) is 11.5 Å². The number of rotatable bonds is 5. The molecule has 1 fully saturated rings. The van der Waals surface area contributed by atoms with Gasteiger partial charge in [-0.3, -0.25) is 4.79 Å². The minimum Gasteiger partial charge on any atom is -0.355 e. The highest BCUT2D eigenvalue weighted by Crippen LogP contribution is 2.20. The number of aromatic nitrogens is 2. The van der Waals surface area contributed by atoms with Crippen LogP contribution in [-0.2, 0) is 0 Å². The van der Waals surface area contributed by atoms with Crippen LogP contribution in [0.3, 0.4) is 0 Å². The quantitative estimate of drug-likeness (QED) is 0.838. The van der Waals surface area contributed by atoms with E-state index in [0.717, 1.165) is 37.7 Å². The molecule has 0 saturated carbocycles. The molecule has 1 aromatic heterocycles. The highest BCUT2D eigenvalue weighted by atomic mass is 16.1. The van der Waals surface area contributed by atoms with Crippen LogP contribution in [0.1, 0.15) is 50.0 Å². The Kier molecular flexibility index (Phi) is 5.32. The number of carbonyl (C=O) groups excluding carboxylic acids is 1. The zero-order valence-electron chi connectivity index (χ0n) is 12.4. The molecule has 0 aliphatic carbocycles. The molecular weight excluding hydrogens is 252 g/mol. The van der Waals surface area contributed by atoms with Crippen LogP contribution in [0.15, 0.2) is 12.4 Å². The third-order valence-corrected chi connectivity index (χ3v) is 3.79. The standard InChI is InChI=1S/C15H24N4O/c1-3-4-7-16-15(20)13-10-18-14(11-17-13)19-8-5-12(2)6-9-19/h10-12H,3-9H2,1-2H3,(H,16,20). The van der Waals surface area contributed by atoms with Crippen LogP contribution >= 0.6 is 0 Å². The van der Waals surface area contributed by atoms with Gasteiger partial charge in [0.25, 0.3) is 5.91 Å². The van der Waals surface area contributed by atoms with E-state index in [1.54, 1.807) is 12.4 Å². The van der Waals surface area contributed by atoms with E-state index in [9.17, 15) is 4.79 Å². The van der Waals surface area contributed by atoms with Crippen molar-refractivity contribution in [3.05, 3.63) is 18.1 Å². The third-order valence-electron chi connectivity index (χ3n) is 3.79. The number of hydrogen-bond acceptors (Lipinski definition) is 4. The number of anilines is 1. The van der Waals surface area contributed by atoms with E-state index in [1.165, 1.54) is 12.8 Å². The van der Waals surface area contributed by atoms with Gasteiger partial charge in [-0.2, -0.15) is 0 Å². The van der Waals surface area contributed by atoms with Crippen molar-refractivity contribution in [2.45, 2.75) is 39.5 Å². The van der Waals surface area contributed by atoms with Crippen LogP contribution in [0.5, 0.6) is 0 Å². The predicted molar refractivity (Wildman–Crippen MR) is 79.9 cm³/mol. The molecule has 1 aliphatic rings. The van der Waals surface area contributed by atoms with E-state index in [1.807, 2.05) is 0 Å². The zero-order chi connectivity index (χ0) is 14.4. The molecule has 0 bridgehead atoms. The highest BCUT2D eigenvalue weighted by Gasteiger charge is 2.17. The first-order valence-corrected chi connectivity index (χ1v) is 7.56. The van der Waals surface area contributed by atoms with Crippen molar-refractivity contribution < 1.29 is 4.79 Å². The molecule has 0 spiro atoms. The Morgan fingerprint density at radius 2 is 2.10 bits per heavy atom. The monoisotopic (exact) mass is 276 g/mol. The molecule has 0 radical (unpaired) electrons. The number of piperidine rings is 1. The summed E-state index contributed by atoms with van der Waals surface area (Å²) < 4.78 is 0. The lowest BCUT2D eigenvalue weighted by molar-refractivity contribution is 0.0948. The topological polar surface area (TPSA) is 58.1 Å². The zero-order valence-corrected chi connectivity index (χ0v) is 12.4. The van der Waals surface area contributed by atoms with E-state index < -0.39 is 0 Å². The predicted octanol–water partition coefficient (Wildman–Crippen LogP) is 2.24. The lowest BCUT2D eigenvalue weighted by Crippen LogP contribution is -2.33. The first-order chi connectivity index (χ1) is 9.70. The van der Waals surface area contributed by atoms with Crippen molar-refractivity contribution in [3.63, 3.8) is 0 Å². The minimum absolute atomic E-state index is 0.134. The average Bonchev–Trinajstić information content (AvgIpc) is 2.48. The molecule has 110 valence electrons. The van der Waals surface area contributed by atoms with Gasteiger partial charge in [-0.25, -0.2) is 9.97 Å². The lowest BCUT2D eigenvalue weighted by atomic mass is 9.99. The van der Waals surface area contributed by atoms with E-state index >= 15 is 0 Å². The molecule has 1 aliphatic heterocycles. The summed E-state index contributed by atoms with van der Waals surface area (Å²) in [6, 6.07) is 0. The normalized spacial score (nSPS) is 16.2. The number of nitrogens with one attached hydrogen (secondary N) is 1. The number of nitrogens with zero attached hydrogens (tertiary/aromatic N) is 3. The van der Waals surface area contributed by atoms with Gasteiger partial charge in [0.2, 0.25) is 0 Å². The minimum atomic E-state index is -0.134. The van der Waals surface area contributed by atoms with E-state index in [4.69, 9.17) is 0 Å². The van der Waals surface area contributed by atoms with Gasteiger partial charge < -0.3 is 10.2 Å². The summed E-state index contributed by atoms with van der Waals surface area (Å²) in [5.74, 6) is 1.54. The van der Waals surface area contributed by atoms with Crippen LogP contribution in [0.25, 0.3) is 0 Å². The second-order valence-electron chi connectivity index (χ2n) is 5.54. The van der Waals surface area contributed by atoms with E-state index in [0.29, 0.717) is 12.2 Å². The maximum atomic E-state index is 11.8. The van der Waals surface area contributed by atoms with Crippen molar-refractivity contribution in [1.82, 2.24) is 15.3 Å². The summed E-state index contributed by atoms with van der Waals surface area (Å²) in [7, 11) is 0. The number of hydrogen-bond donors (Lipinski definition) is 1. The number of unbranched alkanes of at least 4 members (excludes halogenated alkanes) is 1. The fraction of sp³-hybridized carbons (Fsp3) is 0.667. The van der Waals surface area contributed by atoms with Gasteiger partial charge in [0.05, 0.1) is 12.4 Å². The molecule has 5 heteroatoms. The Hall–Kier alpha value is -1.65. The van der Waals surface area contributed by atoms with Crippen LogP contribution in [0.4, 0.5) is 5.82 Å². The van der Waals surface area contributed by atoms with Crippen molar-refractivity contribution in [2.75, 3.05) is 24.5 Å². The Morgan fingerprint density at radius 3 is 2.70 bits per heavy atom. The average molecular weight is 276 g/mol. The van der Waals surface area contributed by atoms with Gasteiger partial charge in [-0.1, -0.05) is 20.3 Å². The molecule has 0 unspecified atom stereocenters. The van der Waals surface area contributed by atoms with Crippen LogP contribution in [0.2, 0.25) is 0 Å². The molecule has 0 atom stereocenters. The molecule has 1 aromatic rings. The third kappa shape index (κ3) is 3.92. The summed E-state index contributed by atoms with van der Waals surface area (Å²) in [6.45, 7) is 7.13. The van der Waals surface area contributed by atoms with Crippen molar-refractivity contribution >= 4 is 11.7 Å². The molecule has 1 N–H and O–H groups in total. The maximum absolute atomic E-state index is 11.8. The number of amides is 1. The maximum Gasteiger partial charge on any atom is 0.271 e. The molecule has 5 nitrogen and oxygen atoms in total. The second-order valence-corrected chi connectivity index (χ2v) is 5.54. The number of carbonyl (C=O) groups is 1. The van der Waals surface area contributed by atoms with Crippen LogP contribution in [-0.4, -0.2) is 35.5 Å². The first kappa shape index (κ1) is 14.8. The second kappa shape index (κ2) is 7.22. The lowest BCUT2D eigenvalue weighted by Gasteiger charge is -2.30. The molecule has 0 aromatic carbocycles. The summed E-state index contributed by atoms with van der Waals surface area (Å²) in [5, 5.41) is 2.85. The summed E-state index contributed by atoms with van der Waals surface area (Å²) in [5.41, 5.74) is 0.398. The Morgan fingerprint density at radius 1 is 1.35 bits per heavy atom. The fourth-order valence-electron chi connectivity index (χ4n) is 2.31. The van der Waals surface area contributed by atoms with Crippen molar-refractivity contribution in [2.24, 2.45) is 5.92 Å². The van der Waals surface area contributed by atoms with E-state index in [-0.39, 0.29) is 5.91 Å².